The van der Waals surface area contributed by atoms with Crippen LogP contribution in [0.3, 0.4) is 0 Å². The highest BCUT2D eigenvalue weighted by molar-refractivity contribution is 5.85. The topological polar surface area (TPSA) is 122 Å². The third-order valence-electron chi connectivity index (χ3n) is 7.38. The van der Waals surface area contributed by atoms with Crippen LogP contribution in [0.15, 0.2) is 4.99 Å². The van der Waals surface area contributed by atoms with E-state index >= 15 is 0 Å². The molecule has 0 saturated carbocycles. The van der Waals surface area contributed by atoms with Crippen LogP contribution in [-0.4, -0.2) is 60.1 Å². The molecule has 33 heavy (non-hydrogen) atoms. The van der Waals surface area contributed by atoms with Gasteiger partial charge in [0.1, 0.15) is 18.0 Å². The lowest BCUT2D eigenvalue weighted by Crippen LogP contribution is -2.63. The van der Waals surface area contributed by atoms with Gasteiger partial charge in [0.15, 0.2) is 5.96 Å². The van der Waals surface area contributed by atoms with Gasteiger partial charge in [-0.15, -0.1) is 10.3 Å². The number of carbonyl (C=O) groups excluding carboxylic acids is 1. The molecule has 2 saturated heterocycles. The number of carbonyl (C=O) groups is 1. The molecule has 3 rings (SSSR count). The molecule has 186 valence electrons. The van der Waals surface area contributed by atoms with Crippen molar-refractivity contribution >= 4 is 17.9 Å². The van der Waals surface area contributed by atoms with Crippen molar-refractivity contribution < 1.29 is 9.53 Å². The Morgan fingerprint density at radius 2 is 1.88 bits per heavy atom. The van der Waals surface area contributed by atoms with Crippen LogP contribution < -0.4 is 21.8 Å². The van der Waals surface area contributed by atoms with Gasteiger partial charge in [-0.2, -0.15) is 0 Å². The first-order chi connectivity index (χ1) is 16.0. The Morgan fingerprint density at radius 1 is 1.12 bits per heavy atom. The van der Waals surface area contributed by atoms with Crippen LogP contribution in [-0.2, 0) is 9.53 Å². The van der Waals surface area contributed by atoms with Crippen LogP contribution in [0.2, 0.25) is 0 Å². The number of nitrogens with zero attached hydrogens (tertiary/aromatic N) is 4. The molecule has 0 unspecified atom stereocenters. The van der Waals surface area contributed by atoms with Gasteiger partial charge < -0.3 is 16.2 Å². The van der Waals surface area contributed by atoms with Crippen LogP contribution in [0.5, 0.6) is 0 Å². The van der Waals surface area contributed by atoms with Crippen LogP contribution in [0, 0.1) is 5.92 Å². The van der Waals surface area contributed by atoms with Crippen LogP contribution in [0.4, 0.5) is 0 Å². The maximum atomic E-state index is 12.9. The summed E-state index contributed by atoms with van der Waals surface area (Å²) in [5.41, 5.74) is 10.7. The number of hydrogen-bond donors (Lipinski definition) is 2. The number of hydrogen-bond acceptors (Lipinski definition) is 5. The van der Waals surface area contributed by atoms with Gasteiger partial charge in [0.25, 0.3) is 0 Å². The smallest absolute Gasteiger partial charge is 0.418 e. The van der Waals surface area contributed by atoms with Crippen molar-refractivity contribution in [2.24, 2.45) is 22.4 Å². The van der Waals surface area contributed by atoms with E-state index in [-0.39, 0.29) is 29.9 Å². The summed E-state index contributed by atoms with van der Waals surface area (Å²) < 4.78 is 5.63. The van der Waals surface area contributed by atoms with Crippen molar-refractivity contribution in [3.63, 3.8) is 0 Å². The zero-order valence-electron chi connectivity index (χ0n) is 20.8. The van der Waals surface area contributed by atoms with E-state index in [1.165, 1.54) is 51.4 Å². The number of ether oxygens (including phenoxy) is 1. The minimum atomic E-state index is -0.202. The van der Waals surface area contributed by atoms with E-state index < -0.39 is 0 Å². The molecule has 0 aromatic heterocycles. The average Bonchev–Trinajstić information content (AvgIpc) is 3.19. The Hall–Kier alpha value is -1.99. The molecule has 0 spiro atoms. The Kier molecular flexibility index (Phi) is 10.1. The minimum absolute atomic E-state index is 0.0878. The lowest BCUT2D eigenvalue weighted by atomic mass is 9.89. The van der Waals surface area contributed by atoms with Crippen LogP contribution >= 0.6 is 0 Å². The SMILES string of the molecule is CCCCCCCCC[C@H]1C[C@@H]2CC[C@H]3[C@@H](C(=O)OCCCCN=C(N)N)[C@@H](C)[N+]=C([N]1)N23. The van der Waals surface area contributed by atoms with Crippen molar-refractivity contribution in [1.82, 2.24) is 15.2 Å². The van der Waals surface area contributed by atoms with Gasteiger partial charge in [-0.1, -0.05) is 45.4 Å². The standard InChI is InChI=1S/C25H45N6O2/c1-3-4-5-6-7-8-9-12-19-17-20-13-14-21-22(18(2)29-25(30-19)31(20)21)23(32)33-16-11-10-15-28-24(26)27/h18-22H,3-17H2,1-2H3,(H4,26,27,28)/q+1/t18-,19+,20+,21+,22+/m1/s1. The van der Waals surface area contributed by atoms with E-state index in [9.17, 15) is 4.79 Å². The van der Waals surface area contributed by atoms with E-state index in [0.717, 1.165) is 38.1 Å². The van der Waals surface area contributed by atoms with Crippen molar-refractivity contribution in [2.75, 3.05) is 13.2 Å². The largest absolute Gasteiger partial charge is 0.465 e. The molecule has 8 nitrogen and oxygen atoms in total. The molecular formula is C25H45N6O2+. The summed E-state index contributed by atoms with van der Waals surface area (Å²) in [7, 11) is 0. The number of unbranched alkanes of at least 4 members (excludes halogenated alkanes) is 7. The number of rotatable bonds is 14. The van der Waals surface area contributed by atoms with Crippen LogP contribution in [0.25, 0.3) is 0 Å². The van der Waals surface area contributed by atoms with Gasteiger partial charge in [-0.25, -0.2) is 0 Å². The van der Waals surface area contributed by atoms with Gasteiger partial charge in [0.2, 0.25) is 0 Å². The maximum Gasteiger partial charge on any atom is 0.418 e. The predicted octanol–water partition coefficient (Wildman–Crippen LogP) is 2.64. The van der Waals surface area contributed by atoms with E-state index in [1.807, 2.05) is 6.92 Å². The molecule has 3 heterocycles. The van der Waals surface area contributed by atoms with Crippen molar-refractivity contribution in [3.05, 3.63) is 0 Å². The molecule has 5 atom stereocenters. The molecule has 0 bridgehead atoms. The predicted molar refractivity (Wildman–Crippen MR) is 133 cm³/mol. The molecule has 3 aliphatic heterocycles. The highest BCUT2D eigenvalue weighted by atomic mass is 16.5. The van der Waals surface area contributed by atoms with E-state index in [0.29, 0.717) is 25.2 Å². The summed E-state index contributed by atoms with van der Waals surface area (Å²) in [5, 5.41) is 5.04. The van der Waals surface area contributed by atoms with E-state index in [4.69, 9.17) is 26.5 Å². The molecular weight excluding hydrogens is 416 g/mol. The highest BCUT2D eigenvalue weighted by Gasteiger charge is 2.57. The Morgan fingerprint density at radius 3 is 2.64 bits per heavy atom. The first-order valence-electron chi connectivity index (χ1n) is 13.3. The van der Waals surface area contributed by atoms with E-state index in [2.05, 4.69) is 16.8 Å². The lowest BCUT2D eigenvalue weighted by Gasteiger charge is -2.38. The third-order valence-corrected chi connectivity index (χ3v) is 7.38. The van der Waals surface area contributed by atoms with Crippen LogP contribution in [0.1, 0.15) is 97.3 Å². The second-order valence-electron chi connectivity index (χ2n) is 10.0. The van der Waals surface area contributed by atoms with Crippen molar-refractivity contribution in [3.8, 4) is 0 Å². The fourth-order valence-corrected chi connectivity index (χ4v) is 5.65. The molecule has 8 heteroatoms. The first kappa shape index (κ1) is 25.6. The molecule has 0 aromatic rings. The summed E-state index contributed by atoms with van der Waals surface area (Å²) >= 11 is 0. The number of nitrogens with two attached hydrogens (primary N) is 2. The van der Waals surface area contributed by atoms with Crippen molar-refractivity contribution in [1.29, 1.82) is 0 Å². The van der Waals surface area contributed by atoms with Gasteiger partial charge in [0, 0.05) is 13.0 Å². The normalized spacial score (nSPS) is 28.0. The first-order valence-corrected chi connectivity index (χ1v) is 13.3. The Bertz CT molecular complexity index is 678. The molecule has 4 N–H and O–H groups in total. The lowest BCUT2D eigenvalue weighted by molar-refractivity contribution is -0.152. The minimum Gasteiger partial charge on any atom is -0.465 e. The van der Waals surface area contributed by atoms with Crippen molar-refractivity contribution in [2.45, 2.75) is 121 Å². The zero-order valence-corrected chi connectivity index (χ0v) is 20.8. The van der Waals surface area contributed by atoms with Gasteiger partial charge in [-0.3, -0.25) is 14.7 Å². The molecule has 0 amide bonds. The highest BCUT2D eigenvalue weighted by Crippen LogP contribution is 2.38. The summed E-state index contributed by atoms with van der Waals surface area (Å²) in [4.78, 5) is 24.1. The summed E-state index contributed by atoms with van der Waals surface area (Å²) in [6, 6.07) is 0.952. The molecule has 0 aliphatic carbocycles. The molecule has 2 radical (unpaired) electrons. The van der Waals surface area contributed by atoms with Gasteiger partial charge in [-0.05, 0) is 45.4 Å². The monoisotopic (exact) mass is 461 g/mol. The number of guanidine groups is 2. The summed E-state index contributed by atoms with van der Waals surface area (Å²) in [6.07, 6.45) is 15.3. The maximum absolute atomic E-state index is 12.9. The fourth-order valence-electron chi connectivity index (χ4n) is 5.65. The average molecular weight is 462 g/mol. The quantitative estimate of drug-likeness (QED) is 0.178. The summed E-state index contributed by atoms with van der Waals surface area (Å²) in [6.45, 7) is 5.27. The zero-order chi connectivity index (χ0) is 23.6. The number of aliphatic imine (C=N–C) groups is 2. The number of esters is 1. The van der Waals surface area contributed by atoms with Gasteiger partial charge >= 0.3 is 11.9 Å². The van der Waals surface area contributed by atoms with Gasteiger partial charge in [0.05, 0.1) is 18.7 Å². The fraction of sp³-hybridized carbons (Fsp3) is 0.880. The molecule has 3 aliphatic rings. The Labute approximate surface area is 200 Å². The second kappa shape index (κ2) is 13.0. The third kappa shape index (κ3) is 7.24. The summed E-state index contributed by atoms with van der Waals surface area (Å²) in [5.74, 6) is 0.675. The molecule has 0 aromatic carbocycles. The Balaban J connectivity index is 1.45. The second-order valence-corrected chi connectivity index (χ2v) is 10.0. The van der Waals surface area contributed by atoms with E-state index in [1.54, 1.807) is 0 Å². The molecule has 2 fully saturated rings.